The minimum absolute atomic E-state index is 0. The van der Waals surface area contributed by atoms with E-state index in [1.165, 1.54) is 29.9 Å². The second-order valence-electron chi connectivity index (χ2n) is 12.7. The molecule has 0 fully saturated rings. The summed E-state index contributed by atoms with van der Waals surface area (Å²) in [7, 11) is 0. The second-order valence-corrected chi connectivity index (χ2v) is 12.7. The van der Waals surface area contributed by atoms with E-state index in [0.29, 0.717) is 23.7 Å². The van der Waals surface area contributed by atoms with Gasteiger partial charge in [-0.05, 0) is 64.8 Å². The number of allylic oxidation sites excluding steroid dienone is 4. The van der Waals surface area contributed by atoms with E-state index >= 15 is 0 Å². The van der Waals surface area contributed by atoms with Gasteiger partial charge in [0.2, 0.25) is 0 Å². The molecular weight excluding hydrogens is 542 g/mol. The summed E-state index contributed by atoms with van der Waals surface area (Å²) >= 11 is 0. The molecule has 0 saturated carbocycles. The minimum Gasteiger partial charge on any atom is -0.498 e. The maximum atomic E-state index is 5.54. The van der Waals surface area contributed by atoms with Gasteiger partial charge in [-0.15, -0.1) is 0 Å². The second kappa shape index (κ2) is 16.5. The van der Waals surface area contributed by atoms with Gasteiger partial charge in [-0.25, -0.2) is 0 Å². The van der Waals surface area contributed by atoms with E-state index in [1.54, 1.807) is 16.7 Å². The van der Waals surface area contributed by atoms with Crippen LogP contribution >= 0.6 is 0 Å². The molecule has 6 aliphatic rings. The Morgan fingerprint density at radius 2 is 0.955 bits per heavy atom. The summed E-state index contributed by atoms with van der Waals surface area (Å²) in [4.78, 5) is 4.30. The smallest absolute Gasteiger partial charge is 0.137 e. The number of fused-ring (bicyclic) bond motifs is 2. The number of hydrogen-bond acceptors (Lipinski definition) is 4. The molecular formula is C40H65NO3. The number of ether oxygens (including phenoxy) is 3. The molecule has 8 atom stereocenters. The predicted molar refractivity (Wildman–Crippen MR) is 189 cm³/mol. The van der Waals surface area contributed by atoms with Crippen molar-refractivity contribution in [2.75, 3.05) is 19.8 Å². The Balaban J connectivity index is 0.000000285. The Morgan fingerprint density at radius 3 is 1.45 bits per heavy atom. The van der Waals surface area contributed by atoms with Crippen molar-refractivity contribution in [3.63, 3.8) is 0 Å². The van der Waals surface area contributed by atoms with Crippen LogP contribution in [0.4, 0.5) is 0 Å². The van der Waals surface area contributed by atoms with E-state index in [0.717, 1.165) is 55.0 Å². The van der Waals surface area contributed by atoms with Crippen LogP contribution in [0.5, 0.6) is 0 Å². The van der Waals surface area contributed by atoms with Crippen molar-refractivity contribution in [3.05, 3.63) is 87.8 Å². The molecule has 2 aliphatic heterocycles. The summed E-state index contributed by atoms with van der Waals surface area (Å²) in [6, 6.07) is 12.9. The molecule has 4 nitrogen and oxygen atoms in total. The molecule has 1 aromatic carbocycles. The van der Waals surface area contributed by atoms with Crippen molar-refractivity contribution in [2.24, 2.45) is 23.7 Å². The highest BCUT2D eigenvalue weighted by Crippen LogP contribution is 2.46. The van der Waals surface area contributed by atoms with Crippen LogP contribution in [0, 0.1) is 23.7 Å². The number of pyridine rings is 1. The quantitative estimate of drug-likeness (QED) is 0.299. The van der Waals surface area contributed by atoms with Crippen molar-refractivity contribution in [1.29, 1.82) is 0 Å². The third-order valence-electron chi connectivity index (χ3n) is 10.6. The molecule has 0 bridgehead atoms. The molecule has 3 heterocycles. The number of hydrogen-bond donors (Lipinski definition) is 0. The first-order chi connectivity index (χ1) is 19.2. The monoisotopic (exact) mass is 607 g/mol. The molecule has 2 aromatic rings. The van der Waals surface area contributed by atoms with Crippen LogP contribution in [0.2, 0.25) is 0 Å². The molecule has 44 heavy (non-hydrogen) atoms. The van der Waals surface area contributed by atoms with Crippen LogP contribution in [-0.2, 0) is 14.2 Å². The maximum absolute atomic E-state index is 5.54. The lowest BCUT2D eigenvalue weighted by atomic mass is 9.70. The SMILES string of the molecule is C.C.C.C.CC1C2=C(OCCC2)C1C.CC1C2=C(OCCO2)C1C.CC1c2ccccc2C1C.CC1c2cccnc2C1C. The van der Waals surface area contributed by atoms with Crippen molar-refractivity contribution in [2.45, 2.75) is 122 Å². The average Bonchev–Trinajstić information content (AvgIpc) is 3.03. The molecule has 4 heteroatoms. The number of aromatic nitrogens is 1. The van der Waals surface area contributed by atoms with Crippen LogP contribution in [0.25, 0.3) is 0 Å². The first kappa shape index (κ1) is 39.3. The third-order valence-corrected chi connectivity index (χ3v) is 10.6. The summed E-state index contributed by atoms with van der Waals surface area (Å²) in [5.41, 5.74) is 7.44. The highest BCUT2D eigenvalue weighted by molar-refractivity contribution is 5.43. The van der Waals surface area contributed by atoms with E-state index in [9.17, 15) is 0 Å². The Hall–Kier alpha value is -2.75. The van der Waals surface area contributed by atoms with Crippen LogP contribution in [0.1, 0.15) is 144 Å². The molecule has 248 valence electrons. The fourth-order valence-corrected chi connectivity index (χ4v) is 6.87. The van der Waals surface area contributed by atoms with Gasteiger partial charge in [0.05, 0.1) is 12.4 Å². The summed E-state index contributed by atoms with van der Waals surface area (Å²) < 4.78 is 16.4. The Bertz CT molecular complexity index is 1070. The summed E-state index contributed by atoms with van der Waals surface area (Å²) in [5.74, 6) is 9.15. The molecule has 8 rings (SSSR count). The third kappa shape index (κ3) is 7.21. The predicted octanol–water partition coefficient (Wildman–Crippen LogP) is 11.6. The highest BCUT2D eigenvalue weighted by Gasteiger charge is 2.39. The maximum Gasteiger partial charge on any atom is 0.137 e. The van der Waals surface area contributed by atoms with E-state index in [2.05, 4.69) is 90.7 Å². The van der Waals surface area contributed by atoms with Crippen molar-refractivity contribution < 1.29 is 14.2 Å². The zero-order chi connectivity index (χ0) is 28.6. The topological polar surface area (TPSA) is 40.6 Å². The first-order valence-corrected chi connectivity index (χ1v) is 15.6. The van der Waals surface area contributed by atoms with Crippen LogP contribution in [-0.4, -0.2) is 24.8 Å². The normalized spacial score (nSPS) is 30.4. The average molecular weight is 608 g/mol. The fourth-order valence-electron chi connectivity index (χ4n) is 6.87. The van der Waals surface area contributed by atoms with Crippen molar-refractivity contribution >= 4 is 0 Å². The molecule has 0 radical (unpaired) electrons. The van der Waals surface area contributed by atoms with Gasteiger partial charge in [0.15, 0.2) is 0 Å². The lowest BCUT2D eigenvalue weighted by molar-refractivity contribution is -0.0143. The molecule has 8 unspecified atom stereocenters. The van der Waals surface area contributed by atoms with Gasteiger partial charge < -0.3 is 14.2 Å². The van der Waals surface area contributed by atoms with Gasteiger partial charge in [-0.2, -0.15) is 0 Å². The largest absolute Gasteiger partial charge is 0.498 e. The van der Waals surface area contributed by atoms with Gasteiger partial charge in [-0.1, -0.05) is 115 Å². The lowest BCUT2D eigenvalue weighted by Gasteiger charge is -2.40. The number of nitrogens with zero attached hydrogens (tertiary/aromatic N) is 1. The van der Waals surface area contributed by atoms with E-state index in [-0.39, 0.29) is 29.7 Å². The van der Waals surface area contributed by atoms with Gasteiger partial charge in [0.25, 0.3) is 0 Å². The van der Waals surface area contributed by atoms with Crippen LogP contribution < -0.4 is 0 Å². The molecule has 0 amide bonds. The molecule has 0 spiro atoms. The Kier molecular flexibility index (Phi) is 14.8. The summed E-state index contributed by atoms with van der Waals surface area (Å²) in [6.45, 7) is 20.4. The van der Waals surface area contributed by atoms with Gasteiger partial charge in [0, 0.05) is 35.6 Å². The summed E-state index contributed by atoms with van der Waals surface area (Å²) in [5, 5.41) is 0. The number of benzene rings is 1. The number of rotatable bonds is 0. The van der Waals surface area contributed by atoms with Gasteiger partial charge in [0.1, 0.15) is 24.7 Å². The summed E-state index contributed by atoms with van der Waals surface area (Å²) in [6.07, 6.45) is 4.40. The fraction of sp³-hybridized carbons (Fsp3) is 0.625. The Labute approximate surface area is 271 Å². The highest BCUT2D eigenvalue weighted by atomic mass is 16.6. The molecule has 0 N–H and O–H groups in total. The van der Waals surface area contributed by atoms with Crippen LogP contribution in [0.15, 0.2) is 65.4 Å². The Morgan fingerprint density at radius 1 is 0.500 bits per heavy atom. The van der Waals surface area contributed by atoms with Gasteiger partial charge in [-0.3, -0.25) is 4.98 Å². The van der Waals surface area contributed by atoms with Crippen LogP contribution in [0.3, 0.4) is 0 Å². The zero-order valence-corrected chi connectivity index (χ0v) is 25.9. The first-order valence-electron chi connectivity index (χ1n) is 15.6. The molecule has 0 saturated heterocycles. The van der Waals surface area contributed by atoms with E-state index < -0.39 is 0 Å². The molecule has 1 aromatic heterocycles. The minimum atomic E-state index is 0. The van der Waals surface area contributed by atoms with E-state index in [1.807, 2.05) is 12.3 Å². The molecule has 4 aliphatic carbocycles. The van der Waals surface area contributed by atoms with Crippen molar-refractivity contribution in [1.82, 2.24) is 4.98 Å². The zero-order valence-electron chi connectivity index (χ0n) is 25.9. The standard InChI is InChI=1S/C10H12.C9H11N.C9H14O.C8H12O2.4CH4/c1-7-8(2)10-6-4-3-5-9(7)10;2*1-6-7(2)9-8(6)4-3-5-10-9;1-5-6(2)8-7(5)9-3-4-10-8;;;;/h3-8H,1-2H3;3-7H,1-2H3;6-7H,3-5H2,1-2H3;5-6H,3-4H2,1-2H3;4*1H4. The van der Waals surface area contributed by atoms with Gasteiger partial charge >= 0.3 is 0 Å². The van der Waals surface area contributed by atoms with E-state index in [4.69, 9.17) is 14.2 Å². The lowest BCUT2D eigenvalue weighted by Crippen LogP contribution is -2.34. The van der Waals surface area contributed by atoms with Crippen molar-refractivity contribution in [3.8, 4) is 0 Å².